The minimum absolute atomic E-state index is 0.0907. The molecule has 300 valence electrons. The Morgan fingerprint density at radius 2 is 1.35 bits per heavy atom. The lowest BCUT2D eigenvalue weighted by Gasteiger charge is -2.46. The van der Waals surface area contributed by atoms with Gasteiger partial charge in [0.2, 0.25) is 6.29 Å². The molecule has 19 heteroatoms. The fourth-order valence-electron chi connectivity index (χ4n) is 6.09. The highest BCUT2D eigenvalue weighted by molar-refractivity contribution is 5.87. The third-order valence-electron chi connectivity index (χ3n) is 9.31. The van der Waals surface area contributed by atoms with Crippen molar-refractivity contribution in [2.45, 2.75) is 112 Å². The van der Waals surface area contributed by atoms with Crippen molar-refractivity contribution in [2.75, 3.05) is 13.2 Å². The van der Waals surface area contributed by atoms with Crippen LogP contribution in [0.25, 0.3) is 6.08 Å². The van der Waals surface area contributed by atoms with Gasteiger partial charge in [-0.05, 0) is 61.7 Å². The smallest absolute Gasteiger partial charge is 0.331 e. The van der Waals surface area contributed by atoms with Crippen molar-refractivity contribution in [2.24, 2.45) is 0 Å². The second-order valence-electron chi connectivity index (χ2n) is 13.2. The van der Waals surface area contributed by atoms with Gasteiger partial charge in [0.15, 0.2) is 41.7 Å². The summed E-state index contributed by atoms with van der Waals surface area (Å²) in [5.74, 6) is -2.27. The summed E-state index contributed by atoms with van der Waals surface area (Å²) in [4.78, 5) is 12.9. The molecule has 3 saturated heterocycles. The molecular formula is C35H46O19. The molecule has 11 N–H and O–H groups in total. The molecule has 0 aromatic heterocycles. The first-order valence-corrected chi connectivity index (χ1v) is 17.1. The zero-order valence-electron chi connectivity index (χ0n) is 29.1. The van der Waals surface area contributed by atoms with Gasteiger partial charge in [0.1, 0.15) is 54.9 Å². The van der Waals surface area contributed by atoms with Crippen molar-refractivity contribution in [3.8, 4) is 23.0 Å². The van der Waals surface area contributed by atoms with Crippen LogP contribution in [-0.4, -0.2) is 167 Å². The molecule has 3 fully saturated rings. The SMILES string of the molecule is C[C@@H]1O[C@H](Oc2ccc(CCO[C@@H]3O[C@@H](CO)[C@@H](OC(=O)C=Cc4ccc(O)c(O)c4)[C@@H](O[C@H]4O[C@H](C)[C@H](O)[C@@H](O)[C@H]4O)[C@@H]3O)cc2O)[C@@H](O)[C@@H](O)[C@H]1O. The van der Waals surface area contributed by atoms with Crippen LogP contribution in [0, 0.1) is 0 Å². The van der Waals surface area contributed by atoms with E-state index >= 15 is 0 Å². The van der Waals surface area contributed by atoms with E-state index in [1.165, 1.54) is 50.3 Å². The van der Waals surface area contributed by atoms with Crippen LogP contribution in [0.4, 0.5) is 0 Å². The first kappa shape index (κ1) is 41.5. The zero-order chi connectivity index (χ0) is 39.4. The Morgan fingerprint density at radius 3 is 1.98 bits per heavy atom. The Hall–Kier alpha value is -3.67. The van der Waals surface area contributed by atoms with E-state index in [9.17, 15) is 61.0 Å². The Balaban J connectivity index is 1.27. The lowest BCUT2D eigenvalue weighted by atomic mass is 9.97. The van der Waals surface area contributed by atoms with Gasteiger partial charge in [-0.3, -0.25) is 0 Å². The molecule has 2 aromatic rings. The molecule has 0 saturated carbocycles. The summed E-state index contributed by atoms with van der Waals surface area (Å²) in [7, 11) is 0. The van der Waals surface area contributed by atoms with E-state index in [4.69, 9.17) is 33.2 Å². The highest BCUT2D eigenvalue weighted by Crippen LogP contribution is 2.34. The standard InChI is InChI=1S/C35H46O19/c1-14-24(41)26(43)28(45)34(49-14)51-21-7-4-17(12-20(21)39)9-10-48-33-30(47)32(54-35-29(46)27(44)25(42)15(2)50-35)31(22(13-36)52-33)53-23(40)8-5-16-3-6-18(37)19(38)11-16/h3-8,11-12,14-15,22,24-39,41-47H,9-10,13H2,1-2H3/t14-,15+,22-,24-,25-,26-,27+,28-,29+,30-,31+,32-,33+,34+,35+/m0/s1. The molecule has 15 atom stereocenters. The van der Waals surface area contributed by atoms with Crippen molar-refractivity contribution >= 4 is 12.0 Å². The van der Waals surface area contributed by atoms with E-state index in [1.54, 1.807) is 6.07 Å². The molecule has 2 aromatic carbocycles. The molecule has 0 amide bonds. The van der Waals surface area contributed by atoms with Gasteiger partial charge < -0.3 is 89.3 Å². The summed E-state index contributed by atoms with van der Waals surface area (Å²) in [5.41, 5.74) is 0.816. The molecule has 0 aliphatic carbocycles. The minimum atomic E-state index is -1.82. The van der Waals surface area contributed by atoms with Gasteiger partial charge in [-0.15, -0.1) is 0 Å². The van der Waals surface area contributed by atoms with Crippen LogP contribution in [0.5, 0.6) is 23.0 Å². The number of phenols is 3. The Kier molecular flexibility index (Phi) is 13.7. The van der Waals surface area contributed by atoms with E-state index in [1.807, 2.05) is 0 Å². The average molecular weight is 771 g/mol. The lowest BCUT2D eigenvalue weighted by molar-refractivity contribution is -0.357. The highest BCUT2D eigenvalue weighted by atomic mass is 16.7. The van der Waals surface area contributed by atoms with E-state index in [2.05, 4.69) is 0 Å². The number of carbonyl (C=O) groups is 1. The average Bonchev–Trinajstić information content (AvgIpc) is 3.14. The normalized spacial score (nSPS) is 37.3. The zero-order valence-corrected chi connectivity index (χ0v) is 29.1. The topological polar surface area (TPSA) is 304 Å². The fourth-order valence-corrected chi connectivity index (χ4v) is 6.09. The Labute approximate surface area is 308 Å². The minimum Gasteiger partial charge on any atom is -0.504 e. The number of rotatable bonds is 12. The van der Waals surface area contributed by atoms with Gasteiger partial charge >= 0.3 is 5.97 Å². The van der Waals surface area contributed by atoms with Crippen LogP contribution >= 0.6 is 0 Å². The Bertz CT molecular complexity index is 1590. The number of hydrogen-bond donors (Lipinski definition) is 11. The number of aliphatic hydroxyl groups excluding tert-OH is 8. The largest absolute Gasteiger partial charge is 0.504 e. The summed E-state index contributed by atoms with van der Waals surface area (Å²) < 4.78 is 39.4. The Morgan fingerprint density at radius 1 is 0.704 bits per heavy atom. The highest BCUT2D eigenvalue weighted by Gasteiger charge is 2.52. The van der Waals surface area contributed by atoms with Gasteiger partial charge in [0, 0.05) is 6.08 Å². The first-order chi connectivity index (χ1) is 25.6. The molecule has 0 bridgehead atoms. The number of hydrogen-bond acceptors (Lipinski definition) is 19. The molecule has 3 heterocycles. The maximum absolute atomic E-state index is 12.9. The van der Waals surface area contributed by atoms with Crippen LogP contribution in [0.3, 0.4) is 0 Å². The second-order valence-corrected chi connectivity index (χ2v) is 13.2. The number of ether oxygens (including phenoxy) is 7. The number of benzene rings is 2. The molecule has 3 aliphatic rings. The third kappa shape index (κ3) is 9.40. The maximum Gasteiger partial charge on any atom is 0.331 e. The monoisotopic (exact) mass is 770 g/mol. The van der Waals surface area contributed by atoms with Gasteiger partial charge in [0.05, 0.1) is 25.4 Å². The second kappa shape index (κ2) is 17.9. The molecular weight excluding hydrogens is 724 g/mol. The molecule has 19 nitrogen and oxygen atoms in total. The van der Waals surface area contributed by atoms with Crippen molar-refractivity contribution in [3.63, 3.8) is 0 Å². The van der Waals surface area contributed by atoms with Gasteiger partial charge in [-0.25, -0.2) is 4.79 Å². The molecule has 54 heavy (non-hydrogen) atoms. The van der Waals surface area contributed by atoms with E-state index < -0.39 is 110 Å². The predicted molar refractivity (Wildman–Crippen MR) is 178 cm³/mol. The van der Waals surface area contributed by atoms with Crippen LogP contribution in [0.1, 0.15) is 25.0 Å². The van der Waals surface area contributed by atoms with Gasteiger partial charge in [-0.2, -0.15) is 0 Å². The summed E-state index contributed by atoms with van der Waals surface area (Å²) in [6, 6.07) is 8.04. The third-order valence-corrected chi connectivity index (χ3v) is 9.31. The summed E-state index contributed by atoms with van der Waals surface area (Å²) >= 11 is 0. The number of aromatic hydroxyl groups is 3. The van der Waals surface area contributed by atoms with E-state index in [0.717, 1.165) is 6.08 Å². The van der Waals surface area contributed by atoms with Crippen LogP contribution < -0.4 is 4.74 Å². The van der Waals surface area contributed by atoms with Crippen LogP contribution in [-0.2, 0) is 39.6 Å². The molecule has 5 rings (SSSR count). The lowest BCUT2D eigenvalue weighted by Crippen LogP contribution is -2.65. The number of phenolic OH excluding ortho intramolecular Hbond substituents is 3. The summed E-state index contributed by atoms with van der Waals surface area (Å²) in [6.07, 6.45) is -20.0. The molecule has 0 spiro atoms. The van der Waals surface area contributed by atoms with E-state index in [0.29, 0.717) is 11.1 Å². The van der Waals surface area contributed by atoms with Crippen molar-refractivity contribution in [1.82, 2.24) is 0 Å². The van der Waals surface area contributed by atoms with Crippen LogP contribution in [0.15, 0.2) is 42.5 Å². The van der Waals surface area contributed by atoms with Crippen LogP contribution in [0.2, 0.25) is 0 Å². The predicted octanol–water partition coefficient (Wildman–Crippen LogP) is -2.52. The molecule has 3 aliphatic heterocycles. The molecule has 0 radical (unpaired) electrons. The van der Waals surface area contributed by atoms with Crippen molar-refractivity contribution in [1.29, 1.82) is 0 Å². The van der Waals surface area contributed by atoms with Crippen molar-refractivity contribution < 1.29 is 94.1 Å². The van der Waals surface area contributed by atoms with Crippen molar-refractivity contribution in [3.05, 3.63) is 53.6 Å². The fraction of sp³-hybridized carbons (Fsp3) is 0.571. The van der Waals surface area contributed by atoms with Gasteiger partial charge in [-0.1, -0.05) is 12.1 Å². The number of aliphatic hydroxyl groups is 8. The molecule has 0 unspecified atom stereocenters. The summed E-state index contributed by atoms with van der Waals surface area (Å²) in [5, 5.41) is 113. The maximum atomic E-state index is 12.9. The van der Waals surface area contributed by atoms with Gasteiger partial charge in [0.25, 0.3) is 0 Å². The van der Waals surface area contributed by atoms with E-state index in [-0.39, 0.29) is 30.3 Å². The first-order valence-electron chi connectivity index (χ1n) is 17.1. The number of esters is 1. The summed E-state index contributed by atoms with van der Waals surface area (Å²) in [6.45, 7) is 1.94. The quantitative estimate of drug-likeness (QED) is 0.0603. The number of carbonyl (C=O) groups excluding carboxylic acids is 1.